The summed E-state index contributed by atoms with van der Waals surface area (Å²) >= 11 is 0. The SMILES string of the molecule is N#CC(O)C(O)c1c[nH]c2ncccc12. The normalized spacial score (nSPS) is 14.7. The molecular weight excluding hydrogens is 194 g/mol. The zero-order valence-corrected chi connectivity index (χ0v) is 7.75. The second-order valence-corrected chi connectivity index (χ2v) is 3.16. The van der Waals surface area contributed by atoms with E-state index >= 15 is 0 Å². The van der Waals surface area contributed by atoms with E-state index in [1.165, 1.54) is 0 Å². The predicted octanol–water partition coefficient (Wildman–Crippen LogP) is 0.481. The maximum absolute atomic E-state index is 9.66. The summed E-state index contributed by atoms with van der Waals surface area (Å²) in [6.07, 6.45) is 0.524. The Morgan fingerprint density at radius 1 is 1.47 bits per heavy atom. The van der Waals surface area contributed by atoms with Crippen LogP contribution in [0, 0.1) is 11.3 Å². The molecule has 76 valence electrons. The van der Waals surface area contributed by atoms with Crippen LogP contribution < -0.4 is 0 Å². The molecule has 2 atom stereocenters. The summed E-state index contributed by atoms with van der Waals surface area (Å²) in [5.74, 6) is 0. The monoisotopic (exact) mass is 203 g/mol. The number of aliphatic hydroxyl groups excluding tert-OH is 2. The van der Waals surface area contributed by atoms with Crippen LogP contribution in [0.2, 0.25) is 0 Å². The average Bonchev–Trinajstić information content (AvgIpc) is 2.70. The molecule has 0 aromatic carbocycles. The molecule has 0 saturated carbocycles. The molecule has 0 aliphatic carbocycles. The van der Waals surface area contributed by atoms with E-state index in [1.54, 1.807) is 30.6 Å². The highest BCUT2D eigenvalue weighted by molar-refractivity contribution is 5.79. The minimum absolute atomic E-state index is 0.479. The Hall–Kier alpha value is -1.90. The van der Waals surface area contributed by atoms with E-state index in [0.29, 0.717) is 16.6 Å². The van der Waals surface area contributed by atoms with Gasteiger partial charge in [-0.2, -0.15) is 5.26 Å². The molecule has 0 aliphatic heterocycles. The first-order valence-corrected chi connectivity index (χ1v) is 4.42. The molecule has 0 spiro atoms. The number of fused-ring (bicyclic) bond motifs is 1. The maximum atomic E-state index is 9.66. The highest BCUT2D eigenvalue weighted by atomic mass is 16.3. The quantitative estimate of drug-likeness (QED) is 0.619. The molecule has 0 aliphatic rings. The fourth-order valence-electron chi connectivity index (χ4n) is 1.46. The van der Waals surface area contributed by atoms with E-state index in [1.807, 2.05) is 0 Å². The van der Waals surface area contributed by atoms with E-state index in [2.05, 4.69) is 9.97 Å². The fraction of sp³-hybridized carbons (Fsp3) is 0.200. The molecule has 2 aromatic rings. The van der Waals surface area contributed by atoms with Gasteiger partial charge in [0.1, 0.15) is 11.8 Å². The van der Waals surface area contributed by atoms with Crippen LogP contribution >= 0.6 is 0 Å². The number of hydrogen-bond donors (Lipinski definition) is 3. The molecule has 2 rings (SSSR count). The molecule has 0 radical (unpaired) electrons. The van der Waals surface area contributed by atoms with Crippen molar-refractivity contribution in [3.05, 3.63) is 30.1 Å². The third-order valence-corrected chi connectivity index (χ3v) is 2.23. The molecule has 0 saturated heterocycles. The number of nitrogens with one attached hydrogen (secondary N) is 1. The number of aromatic amines is 1. The highest BCUT2D eigenvalue weighted by Gasteiger charge is 2.20. The molecule has 2 heterocycles. The zero-order chi connectivity index (χ0) is 10.8. The van der Waals surface area contributed by atoms with Crippen LogP contribution in [-0.4, -0.2) is 26.3 Å². The number of rotatable bonds is 2. The van der Waals surface area contributed by atoms with Crippen molar-refractivity contribution in [3.8, 4) is 6.07 Å². The van der Waals surface area contributed by atoms with Gasteiger partial charge in [-0.05, 0) is 12.1 Å². The largest absolute Gasteiger partial charge is 0.384 e. The van der Waals surface area contributed by atoms with Gasteiger partial charge in [0.25, 0.3) is 0 Å². The average molecular weight is 203 g/mol. The zero-order valence-electron chi connectivity index (χ0n) is 7.75. The van der Waals surface area contributed by atoms with Crippen LogP contribution in [0.15, 0.2) is 24.5 Å². The number of nitriles is 1. The Kier molecular flexibility index (Phi) is 2.37. The molecule has 3 N–H and O–H groups in total. The van der Waals surface area contributed by atoms with Gasteiger partial charge in [-0.25, -0.2) is 4.98 Å². The minimum Gasteiger partial charge on any atom is -0.384 e. The summed E-state index contributed by atoms with van der Waals surface area (Å²) in [5.41, 5.74) is 1.10. The fourth-order valence-corrected chi connectivity index (χ4v) is 1.46. The smallest absolute Gasteiger partial charge is 0.170 e. The molecular formula is C10H9N3O2. The summed E-state index contributed by atoms with van der Waals surface area (Å²) in [4.78, 5) is 6.89. The van der Waals surface area contributed by atoms with Crippen molar-refractivity contribution in [1.82, 2.24) is 9.97 Å². The van der Waals surface area contributed by atoms with Crippen molar-refractivity contribution in [2.45, 2.75) is 12.2 Å². The van der Waals surface area contributed by atoms with E-state index in [9.17, 15) is 10.2 Å². The molecule has 5 nitrogen and oxygen atoms in total. The van der Waals surface area contributed by atoms with Crippen molar-refractivity contribution < 1.29 is 10.2 Å². The van der Waals surface area contributed by atoms with Crippen molar-refractivity contribution in [1.29, 1.82) is 5.26 Å². The van der Waals surface area contributed by atoms with Gasteiger partial charge in [0, 0.05) is 23.3 Å². The van der Waals surface area contributed by atoms with Gasteiger partial charge in [-0.15, -0.1) is 0 Å². The van der Waals surface area contributed by atoms with Gasteiger partial charge in [-0.1, -0.05) is 0 Å². The van der Waals surface area contributed by atoms with E-state index in [4.69, 9.17) is 5.26 Å². The second-order valence-electron chi connectivity index (χ2n) is 3.16. The van der Waals surface area contributed by atoms with Crippen molar-refractivity contribution in [2.24, 2.45) is 0 Å². The lowest BCUT2D eigenvalue weighted by atomic mass is 10.1. The van der Waals surface area contributed by atoms with E-state index < -0.39 is 12.2 Å². The number of pyridine rings is 1. The lowest BCUT2D eigenvalue weighted by Gasteiger charge is -2.09. The van der Waals surface area contributed by atoms with Gasteiger partial charge in [-0.3, -0.25) is 0 Å². The van der Waals surface area contributed by atoms with Crippen LogP contribution in [-0.2, 0) is 0 Å². The number of nitrogens with zero attached hydrogens (tertiary/aromatic N) is 2. The Bertz CT molecular complexity index is 515. The van der Waals surface area contributed by atoms with Gasteiger partial charge in [0.15, 0.2) is 6.10 Å². The van der Waals surface area contributed by atoms with Gasteiger partial charge in [0.05, 0.1) is 6.07 Å². The maximum Gasteiger partial charge on any atom is 0.170 e. The highest BCUT2D eigenvalue weighted by Crippen LogP contribution is 2.24. The molecule has 0 bridgehead atoms. The predicted molar refractivity (Wildman–Crippen MR) is 52.7 cm³/mol. The number of H-pyrrole nitrogens is 1. The standard InChI is InChI=1S/C10H9N3O2/c11-4-8(14)9(15)7-5-13-10-6(7)2-1-3-12-10/h1-3,5,8-9,14-15H,(H,12,13). The molecule has 15 heavy (non-hydrogen) atoms. The van der Waals surface area contributed by atoms with E-state index in [-0.39, 0.29) is 0 Å². The van der Waals surface area contributed by atoms with Gasteiger partial charge in [0.2, 0.25) is 0 Å². The summed E-state index contributed by atoms with van der Waals surface area (Å²) in [7, 11) is 0. The van der Waals surface area contributed by atoms with Crippen LogP contribution in [0.25, 0.3) is 11.0 Å². The lowest BCUT2D eigenvalue weighted by Crippen LogP contribution is -2.15. The third kappa shape index (κ3) is 1.56. The van der Waals surface area contributed by atoms with Crippen molar-refractivity contribution >= 4 is 11.0 Å². The van der Waals surface area contributed by atoms with Crippen LogP contribution in [0.1, 0.15) is 11.7 Å². The third-order valence-electron chi connectivity index (χ3n) is 2.23. The van der Waals surface area contributed by atoms with Crippen LogP contribution in [0.4, 0.5) is 0 Å². The van der Waals surface area contributed by atoms with Gasteiger partial charge >= 0.3 is 0 Å². The molecule has 5 heteroatoms. The second kappa shape index (κ2) is 3.69. The molecule has 0 fully saturated rings. The van der Waals surface area contributed by atoms with Crippen molar-refractivity contribution in [3.63, 3.8) is 0 Å². The Morgan fingerprint density at radius 2 is 2.27 bits per heavy atom. The number of aliphatic hydroxyl groups is 2. The van der Waals surface area contributed by atoms with E-state index in [0.717, 1.165) is 0 Å². The number of hydrogen-bond acceptors (Lipinski definition) is 4. The summed E-state index contributed by atoms with van der Waals surface area (Å²) in [6, 6.07) is 5.08. The summed E-state index contributed by atoms with van der Waals surface area (Å²) in [6.45, 7) is 0. The molecule has 2 aromatic heterocycles. The Balaban J connectivity index is 2.49. The Morgan fingerprint density at radius 3 is 3.00 bits per heavy atom. The first kappa shape index (κ1) is 9.65. The van der Waals surface area contributed by atoms with Crippen molar-refractivity contribution in [2.75, 3.05) is 0 Å². The topological polar surface area (TPSA) is 92.9 Å². The summed E-state index contributed by atoms with van der Waals surface area (Å²) < 4.78 is 0. The first-order valence-electron chi connectivity index (χ1n) is 4.42. The first-order chi connectivity index (χ1) is 7.24. The summed E-state index contributed by atoms with van der Waals surface area (Å²) in [5, 5.41) is 28.1. The number of aromatic nitrogens is 2. The molecule has 0 amide bonds. The minimum atomic E-state index is -1.43. The van der Waals surface area contributed by atoms with Crippen LogP contribution in [0.3, 0.4) is 0 Å². The van der Waals surface area contributed by atoms with Gasteiger partial charge < -0.3 is 15.2 Å². The Labute approximate surface area is 85.6 Å². The lowest BCUT2D eigenvalue weighted by molar-refractivity contribution is 0.0538. The molecule has 2 unspecified atom stereocenters. The van der Waals surface area contributed by atoms with Crippen LogP contribution in [0.5, 0.6) is 0 Å².